The molecule has 1 amide bonds. The van der Waals surface area contributed by atoms with Gasteiger partial charge in [-0.2, -0.15) is 0 Å². The third-order valence-corrected chi connectivity index (χ3v) is 6.38. The van der Waals surface area contributed by atoms with Crippen molar-refractivity contribution in [3.63, 3.8) is 0 Å². The van der Waals surface area contributed by atoms with Crippen molar-refractivity contribution < 1.29 is 14.3 Å². The molecule has 0 fully saturated rings. The normalized spacial score (nSPS) is 14.1. The van der Waals surface area contributed by atoms with Crippen molar-refractivity contribution in [3.05, 3.63) is 53.8 Å². The Morgan fingerprint density at radius 2 is 2.20 bits per heavy atom. The largest absolute Gasteiger partial charge is 0.481 e. The number of hydrogen-bond acceptors (Lipinski definition) is 9. The van der Waals surface area contributed by atoms with Crippen LogP contribution in [0.2, 0.25) is 0 Å². The highest BCUT2D eigenvalue weighted by Crippen LogP contribution is 2.39. The summed E-state index contributed by atoms with van der Waals surface area (Å²) < 4.78 is 12.4. The topological polar surface area (TPSA) is 140 Å². The maximum Gasteiger partial charge on any atom is 0.265 e. The number of hydrogen-bond donors (Lipinski definition) is 3. The lowest BCUT2D eigenvalue weighted by Crippen LogP contribution is -2.40. The van der Waals surface area contributed by atoms with E-state index in [-0.39, 0.29) is 29.1 Å². The monoisotopic (exact) mass is 491 g/mol. The summed E-state index contributed by atoms with van der Waals surface area (Å²) in [5, 5.41) is 25.4. The minimum Gasteiger partial charge on any atom is -0.481 e. The summed E-state index contributed by atoms with van der Waals surface area (Å²) in [7, 11) is 3.23. The van der Waals surface area contributed by atoms with Crippen molar-refractivity contribution >= 4 is 51.9 Å². The molecule has 4 rings (SSSR count). The summed E-state index contributed by atoms with van der Waals surface area (Å²) in [5.74, 6) is 0.0885. The number of anilines is 1. The van der Waals surface area contributed by atoms with Gasteiger partial charge in [0.1, 0.15) is 11.2 Å². The van der Waals surface area contributed by atoms with Gasteiger partial charge in [-0.05, 0) is 29.8 Å². The Hall–Kier alpha value is -3.83. The summed E-state index contributed by atoms with van der Waals surface area (Å²) in [6, 6.07) is 8.94. The Labute approximate surface area is 206 Å². The lowest BCUT2D eigenvalue weighted by Gasteiger charge is -2.29. The van der Waals surface area contributed by atoms with Crippen molar-refractivity contribution in [2.45, 2.75) is 10.8 Å². The van der Waals surface area contributed by atoms with Gasteiger partial charge in [0.15, 0.2) is 17.5 Å². The highest BCUT2D eigenvalue weighted by Gasteiger charge is 2.27. The first-order chi connectivity index (χ1) is 17.0. The van der Waals surface area contributed by atoms with Gasteiger partial charge in [-0.1, -0.05) is 17.8 Å². The molecule has 1 aliphatic rings. The molecule has 10 nitrogen and oxygen atoms in total. The number of aliphatic imine (C=N–C) groups is 1. The molecule has 0 saturated carbocycles. The van der Waals surface area contributed by atoms with Crippen molar-refractivity contribution in [2.75, 3.05) is 38.8 Å². The molecule has 35 heavy (non-hydrogen) atoms. The van der Waals surface area contributed by atoms with Gasteiger partial charge in [-0.15, -0.1) is 0 Å². The van der Waals surface area contributed by atoms with Crippen LogP contribution in [0, 0.1) is 16.2 Å². The summed E-state index contributed by atoms with van der Waals surface area (Å²) in [4.78, 5) is 23.2. The molecule has 11 heteroatoms. The van der Waals surface area contributed by atoms with E-state index in [1.807, 2.05) is 18.2 Å². The van der Waals surface area contributed by atoms with Gasteiger partial charge >= 0.3 is 0 Å². The Bertz CT molecular complexity index is 1390. The van der Waals surface area contributed by atoms with Crippen LogP contribution in [0.3, 0.4) is 0 Å². The molecule has 1 unspecified atom stereocenters. The zero-order chi connectivity index (χ0) is 24.9. The molecule has 3 aromatic rings. The number of carbonyl (C=O) groups excluding carboxylic acids is 1. The van der Waals surface area contributed by atoms with Crippen LogP contribution in [0.15, 0.2) is 52.6 Å². The molecule has 1 atom stereocenters. The molecule has 3 N–H and O–H groups in total. The molecule has 0 spiro atoms. The number of amides is 1. The van der Waals surface area contributed by atoms with Crippen LogP contribution in [-0.2, 0) is 9.53 Å². The van der Waals surface area contributed by atoms with E-state index in [2.05, 4.69) is 9.98 Å². The van der Waals surface area contributed by atoms with Crippen LogP contribution in [0.25, 0.3) is 10.9 Å². The summed E-state index contributed by atoms with van der Waals surface area (Å²) >= 11 is 1.18. The molecule has 180 valence electrons. The second kappa shape index (κ2) is 10.6. The second-order valence-electron chi connectivity index (χ2n) is 7.70. The average molecular weight is 492 g/mol. The van der Waals surface area contributed by atoms with E-state index < -0.39 is 0 Å². The molecular formula is C24H25N7O3S. The fourth-order valence-electron chi connectivity index (χ4n) is 3.75. The van der Waals surface area contributed by atoms with Crippen LogP contribution < -0.4 is 15.1 Å². The third kappa shape index (κ3) is 5.00. The number of fused-ring (bicyclic) bond motifs is 3. The molecule has 2 aromatic heterocycles. The predicted octanol–water partition coefficient (Wildman–Crippen LogP) is 2.90. The zero-order valence-electron chi connectivity index (χ0n) is 19.3. The van der Waals surface area contributed by atoms with E-state index in [1.165, 1.54) is 22.5 Å². The summed E-state index contributed by atoms with van der Waals surface area (Å²) in [6.45, 7) is 0.727. The van der Waals surface area contributed by atoms with Crippen molar-refractivity contribution in [2.24, 2.45) is 4.99 Å². The Morgan fingerprint density at radius 3 is 2.94 bits per heavy atom. The van der Waals surface area contributed by atoms with Crippen LogP contribution in [-0.4, -0.2) is 67.0 Å². The SMILES string of the molecule is CN=CC(C=N)c1ccc(=N)n(C(=N)Sc2ccc3ncc4c(c3c2)OCC(=O)N4CCOC)c1. The highest BCUT2D eigenvalue weighted by molar-refractivity contribution is 8.13. The Balaban J connectivity index is 1.67. The van der Waals surface area contributed by atoms with E-state index in [9.17, 15) is 4.79 Å². The molecule has 1 aliphatic heterocycles. The van der Waals surface area contributed by atoms with E-state index in [1.54, 1.807) is 49.8 Å². The van der Waals surface area contributed by atoms with E-state index in [0.717, 1.165) is 15.8 Å². The maximum absolute atomic E-state index is 12.4. The van der Waals surface area contributed by atoms with E-state index in [0.29, 0.717) is 30.1 Å². The molecule has 3 heterocycles. The van der Waals surface area contributed by atoms with Crippen LogP contribution in [0.4, 0.5) is 5.69 Å². The number of carbonyl (C=O) groups is 1. The number of nitrogens with zero attached hydrogens (tertiary/aromatic N) is 4. The third-order valence-electron chi connectivity index (χ3n) is 5.50. The maximum atomic E-state index is 12.4. The van der Waals surface area contributed by atoms with Gasteiger partial charge in [-0.3, -0.25) is 30.2 Å². The summed E-state index contributed by atoms with van der Waals surface area (Å²) in [6.07, 6.45) is 6.23. The van der Waals surface area contributed by atoms with Gasteiger partial charge in [-0.25, -0.2) is 0 Å². The van der Waals surface area contributed by atoms with E-state index in [4.69, 9.17) is 25.7 Å². The smallest absolute Gasteiger partial charge is 0.265 e. The number of methoxy groups -OCH3 is 1. The van der Waals surface area contributed by atoms with Crippen molar-refractivity contribution in [1.82, 2.24) is 9.55 Å². The van der Waals surface area contributed by atoms with Crippen molar-refractivity contribution in [1.29, 1.82) is 16.2 Å². The highest BCUT2D eigenvalue weighted by atomic mass is 32.2. The van der Waals surface area contributed by atoms with Gasteiger partial charge in [0.05, 0.1) is 24.2 Å². The van der Waals surface area contributed by atoms with Crippen molar-refractivity contribution in [3.8, 4) is 5.75 Å². The number of thioether (sulfide) groups is 1. The minimum atomic E-state index is -0.330. The fraction of sp³-hybridized carbons (Fsp3) is 0.250. The summed E-state index contributed by atoms with van der Waals surface area (Å²) in [5.41, 5.74) is 2.22. The second-order valence-corrected chi connectivity index (χ2v) is 8.77. The number of benzene rings is 1. The molecule has 1 aromatic carbocycles. The Morgan fingerprint density at radius 1 is 1.37 bits per heavy atom. The number of pyridine rings is 2. The van der Waals surface area contributed by atoms with Crippen LogP contribution in [0.5, 0.6) is 5.75 Å². The molecule has 0 radical (unpaired) electrons. The van der Waals surface area contributed by atoms with Gasteiger partial charge in [0.25, 0.3) is 5.91 Å². The first-order valence-corrected chi connectivity index (χ1v) is 11.6. The number of aromatic nitrogens is 2. The number of ether oxygens (including phenoxy) is 2. The average Bonchev–Trinajstić information content (AvgIpc) is 2.86. The quantitative estimate of drug-likeness (QED) is 0.265. The standard InChI is InChI=1S/C24H25N7O3S/c1-28-11-16(10-25)15-3-6-21(26)31(13-15)24(27)35-17-4-5-19-18(9-17)23-20(12-29-19)30(7-8-33-2)22(32)14-34-23/h3-6,9-13,16,25-27H,7-8,14H2,1-2H3. The predicted molar refractivity (Wildman–Crippen MR) is 137 cm³/mol. The van der Waals surface area contributed by atoms with Crippen LogP contribution >= 0.6 is 11.8 Å². The molecule has 0 bridgehead atoms. The first-order valence-electron chi connectivity index (χ1n) is 10.8. The number of nitrogens with one attached hydrogen (secondary N) is 3. The lowest BCUT2D eigenvalue weighted by atomic mass is 10.0. The first kappa shape index (κ1) is 24.3. The Kier molecular flexibility index (Phi) is 7.37. The number of rotatable bonds is 7. The minimum absolute atomic E-state index is 0.0664. The van der Waals surface area contributed by atoms with Gasteiger partial charge < -0.3 is 19.8 Å². The fourth-order valence-corrected chi connectivity index (χ4v) is 4.53. The van der Waals surface area contributed by atoms with Crippen LogP contribution in [0.1, 0.15) is 11.5 Å². The lowest BCUT2D eigenvalue weighted by molar-refractivity contribution is -0.121. The molecular weight excluding hydrogens is 466 g/mol. The van der Waals surface area contributed by atoms with E-state index >= 15 is 0 Å². The van der Waals surface area contributed by atoms with Gasteiger partial charge in [0, 0.05) is 49.6 Å². The molecule has 0 saturated heterocycles. The zero-order valence-corrected chi connectivity index (χ0v) is 20.1. The van der Waals surface area contributed by atoms with Gasteiger partial charge in [0.2, 0.25) is 0 Å². The molecule has 0 aliphatic carbocycles.